The minimum atomic E-state index is -0.974. The fourth-order valence-electron chi connectivity index (χ4n) is 3.30. The first-order chi connectivity index (χ1) is 17.3. The van der Waals surface area contributed by atoms with Crippen molar-refractivity contribution in [1.82, 2.24) is 9.97 Å². The van der Waals surface area contributed by atoms with Crippen LogP contribution in [0, 0.1) is 6.92 Å². The van der Waals surface area contributed by atoms with E-state index in [0.717, 1.165) is 16.1 Å². The molecule has 4 rings (SSSR count). The molecule has 2 aromatic carbocycles. The third kappa shape index (κ3) is 5.70. The molecule has 0 bridgehead atoms. The molecule has 0 fully saturated rings. The predicted octanol–water partition coefficient (Wildman–Crippen LogP) is 3.42. The number of hydrazone groups is 1. The monoisotopic (exact) mass is 519 g/mol. The van der Waals surface area contributed by atoms with Gasteiger partial charge in [0.25, 0.3) is 5.91 Å². The minimum absolute atomic E-state index is 0.0571. The van der Waals surface area contributed by atoms with Gasteiger partial charge in [0.1, 0.15) is 0 Å². The number of aryl methyl sites for hydroxylation is 1. The molecule has 1 unspecified atom stereocenters. The van der Waals surface area contributed by atoms with Gasteiger partial charge >= 0.3 is 5.97 Å². The lowest BCUT2D eigenvalue weighted by molar-refractivity contribution is -0.138. The molecule has 0 aliphatic carbocycles. The highest BCUT2D eigenvalue weighted by atomic mass is 32.1. The molecule has 0 saturated carbocycles. The number of benzene rings is 2. The number of nitrogens with two attached hydrogens (primary N) is 1. The summed E-state index contributed by atoms with van der Waals surface area (Å²) in [6.45, 7) is 3.35. The van der Waals surface area contributed by atoms with Gasteiger partial charge in [0.05, 0.1) is 17.3 Å². The number of aliphatic carboxylic acids is 1. The molecule has 0 saturated heterocycles. The van der Waals surface area contributed by atoms with Gasteiger partial charge in [0, 0.05) is 21.4 Å². The van der Waals surface area contributed by atoms with Crippen LogP contribution in [0.2, 0.25) is 0 Å². The summed E-state index contributed by atoms with van der Waals surface area (Å²) in [7, 11) is 0. The molecular weight excluding hydrogens is 496 g/mol. The molecule has 182 valence electrons. The summed E-state index contributed by atoms with van der Waals surface area (Å²) in [4.78, 5) is 34.2. The largest absolute Gasteiger partial charge is 0.481 e. The molecule has 2 aromatic heterocycles. The number of carboxylic acids is 1. The van der Waals surface area contributed by atoms with Crippen LogP contribution in [0.1, 0.15) is 29.0 Å². The van der Waals surface area contributed by atoms with Crippen LogP contribution in [-0.2, 0) is 9.59 Å². The van der Waals surface area contributed by atoms with E-state index in [9.17, 15) is 14.7 Å². The number of carbonyl (C=O) groups excluding carboxylic acids is 1. The molecule has 1 amide bonds. The normalized spacial score (nSPS) is 12.1. The fourth-order valence-corrected chi connectivity index (χ4v) is 4.86. The molecule has 4 aromatic rings. The number of carboxylic acid groups (broad SMARTS) is 1. The summed E-state index contributed by atoms with van der Waals surface area (Å²) < 4.78 is 0. The Bertz CT molecular complexity index is 1430. The number of nitrogens with zero attached hydrogens (tertiary/aromatic N) is 3. The maximum atomic E-state index is 13.3. The molecule has 11 heteroatoms. The standard InChI is InChI=1S/C25H22N6O3S2/c1-14(23(33)34)20-15(2)36-25(28-20)31-30-21(19(26)17-11-7-4-8-12-17)22(32)29-24-27-18(13-35-24)16-9-5-3-6-10-16/h3-14,26H,1-2H3,(H,28,31)(H,33,34)(H,27,29,32)/p+1/b26-19?,30-21-. The number of anilines is 2. The van der Waals surface area contributed by atoms with E-state index in [0.29, 0.717) is 21.5 Å². The quantitative estimate of drug-likeness (QED) is 0.197. The molecule has 0 spiro atoms. The number of hydrogen-bond acceptors (Lipinski definition) is 8. The van der Waals surface area contributed by atoms with Crippen molar-refractivity contribution in [2.75, 3.05) is 10.7 Å². The van der Waals surface area contributed by atoms with Gasteiger partial charge in [0.2, 0.25) is 16.6 Å². The predicted molar refractivity (Wildman–Crippen MR) is 143 cm³/mol. The van der Waals surface area contributed by atoms with Crippen molar-refractivity contribution in [1.29, 1.82) is 0 Å². The van der Waals surface area contributed by atoms with E-state index >= 15 is 0 Å². The third-order valence-corrected chi connectivity index (χ3v) is 6.87. The second-order valence-electron chi connectivity index (χ2n) is 7.73. The van der Waals surface area contributed by atoms with Gasteiger partial charge in [-0.1, -0.05) is 48.5 Å². The Labute approximate surface area is 215 Å². The number of thiazole rings is 2. The van der Waals surface area contributed by atoms with Crippen LogP contribution >= 0.6 is 22.7 Å². The van der Waals surface area contributed by atoms with Gasteiger partial charge in [-0.25, -0.2) is 9.97 Å². The lowest BCUT2D eigenvalue weighted by Gasteiger charge is -2.05. The molecule has 9 nitrogen and oxygen atoms in total. The molecule has 5 N–H and O–H groups in total. The summed E-state index contributed by atoms with van der Waals surface area (Å²) in [5, 5.41) is 25.3. The molecular formula is C25H23N6O3S2+. The van der Waals surface area contributed by atoms with E-state index in [1.807, 2.05) is 53.9 Å². The first-order valence-electron chi connectivity index (χ1n) is 10.9. The first-order valence-corrected chi connectivity index (χ1v) is 12.6. The fraction of sp³-hybridized carbons (Fsp3) is 0.120. The van der Waals surface area contributed by atoms with Gasteiger partial charge < -0.3 is 5.11 Å². The van der Waals surface area contributed by atoms with E-state index in [1.54, 1.807) is 26.0 Å². The molecule has 2 heterocycles. The summed E-state index contributed by atoms with van der Waals surface area (Å²) in [5.74, 6) is -2.29. The second-order valence-corrected chi connectivity index (χ2v) is 9.79. The number of amides is 1. The third-order valence-electron chi connectivity index (χ3n) is 5.23. The van der Waals surface area contributed by atoms with Crippen molar-refractivity contribution in [3.8, 4) is 11.3 Å². The zero-order chi connectivity index (χ0) is 25.7. The van der Waals surface area contributed by atoms with Gasteiger partial charge in [-0.05, 0) is 26.0 Å². The van der Waals surface area contributed by atoms with Gasteiger partial charge in [-0.3, -0.25) is 25.7 Å². The molecule has 36 heavy (non-hydrogen) atoms. The van der Waals surface area contributed by atoms with Crippen molar-refractivity contribution < 1.29 is 20.1 Å². The Hall–Kier alpha value is -4.22. The lowest BCUT2D eigenvalue weighted by Crippen LogP contribution is -2.49. The zero-order valence-corrected chi connectivity index (χ0v) is 21.1. The Balaban J connectivity index is 1.60. The SMILES string of the molecule is Cc1sc(N/N=C(/C(=[NH2+])c2ccccc2)C(=O)Nc2nc(-c3ccccc3)cs2)nc1C(C)C(=O)O. The smallest absolute Gasteiger partial charge is 0.312 e. The first kappa shape index (κ1) is 24.9. The maximum Gasteiger partial charge on any atom is 0.312 e. The number of rotatable bonds is 9. The van der Waals surface area contributed by atoms with Crippen LogP contribution in [-0.4, -0.2) is 38.4 Å². The van der Waals surface area contributed by atoms with E-state index in [-0.39, 0.29) is 11.4 Å². The van der Waals surface area contributed by atoms with Gasteiger partial charge in [-0.15, -0.1) is 22.7 Å². The Morgan fingerprint density at radius 1 is 1.03 bits per heavy atom. The van der Waals surface area contributed by atoms with Gasteiger partial charge in [-0.2, -0.15) is 5.10 Å². The van der Waals surface area contributed by atoms with Crippen LogP contribution in [0.5, 0.6) is 0 Å². The topological polar surface area (TPSA) is 142 Å². The number of nitrogens with one attached hydrogen (secondary N) is 2. The molecule has 0 radical (unpaired) electrons. The number of carbonyl (C=O) groups is 2. The van der Waals surface area contributed by atoms with E-state index in [4.69, 9.17) is 5.41 Å². The summed E-state index contributed by atoms with van der Waals surface area (Å²) >= 11 is 2.53. The number of aromatic nitrogens is 2. The van der Waals surface area contributed by atoms with Crippen LogP contribution in [0.4, 0.5) is 10.3 Å². The minimum Gasteiger partial charge on any atom is -0.481 e. The summed E-state index contributed by atoms with van der Waals surface area (Å²) in [6.07, 6.45) is 0. The van der Waals surface area contributed by atoms with Crippen molar-refractivity contribution >= 4 is 56.2 Å². The second kappa shape index (κ2) is 11.0. The highest BCUT2D eigenvalue weighted by Crippen LogP contribution is 2.28. The highest BCUT2D eigenvalue weighted by molar-refractivity contribution is 7.15. The molecule has 0 aliphatic heterocycles. The summed E-state index contributed by atoms with van der Waals surface area (Å²) in [5.41, 5.74) is 5.61. The van der Waals surface area contributed by atoms with Crippen molar-refractivity contribution in [3.05, 3.63) is 82.2 Å². The maximum absolute atomic E-state index is 13.3. The van der Waals surface area contributed by atoms with Crippen LogP contribution in [0.3, 0.4) is 0 Å². The van der Waals surface area contributed by atoms with E-state index in [1.165, 1.54) is 22.7 Å². The van der Waals surface area contributed by atoms with Crippen LogP contribution in [0.25, 0.3) is 11.3 Å². The Morgan fingerprint density at radius 3 is 2.36 bits per heavy atom. The van der Waals surface area contributed by atoms with Crippen molar-refractivity contribution in [3.63, 3.8) is 0 Å². The molecule has 1 atom stereocenters. The average molecular weight is 520 g/mol. The van der Waals surface area contributed by atoms with Crippen LogP contribution in [0.15, 0.2) is 71.1 Å². The highest BCUT2D eigenvalue weighted by Gasteiger charge is 2.26. The van der Waals surface area contributed by atoms with Crippen molar-refractivity contribution in [2.24, 2.45) is 5.10 Å². The van der Waals surface area contributed by atoms with Crippen molar-refractivity contribution in [2.45, 2.75) is 19.8 Å². The molecule has 0 aliphatic rings. The van der Waals surface area contributed by atoms with E-state index < -0.39 is 17.8 Å². The number of hydrogen-bond donors (Lipinski definition) is 4. The zero-order valence-electron chi connectivity index (χ0n) is 19.4. The van der Waals surface area contributed by atoms with Gasteiger partial charge in [0.15, 0.2) is 5.13 Å². The lowest BCUT2D eigenvalue weighted by atomic mass is 10.1. The average Bonchev–Trinajstić information content (AvgIpc) is 3.50. The summed E-state index contributed by atoms with van der Waals surface area (Å²) in [6, 6.07) is 18.6. The van der Waals surface area contributed by atoms with Crippen LogP contribution < -0.4 is 16.2 Å². The Morgan fingerprint density at radius 2 is 1.69 bits per heavy atom. The Kier molecular flexibility index (Phi) is 7.62. The van der Waals surface area contributed by atoms with E-state index in [2.05, 4.69) is 25.8 Å².